The normalized spacial score (nSPS) is 12.6. The molecular formula is C17H21F3N2OS2. The summed E-state index contributed by atoms with van der Waals surface area (Å²) in [5.74, 6) is 0.779. The number of hydrogen-bond acceptors (Lipinski definition) is 4. The van der Waals surface area contributed by atoms with Crippen molar-refractivity contribution in [1.29, 1.82) is 0 Å². The Bertz CT molecular complexity index is 736. The molecule has 0 fully saturated rings. The standard InChI is InChI=1S/C17H21F3N2OS2/c1-16(2,3)24-9-8-21-14(23)6-7-15-22-12-10-11(17(18,19)20)4-5-13(12)25-15/h4-5,10H,6-9H2,1-3H3,(H,21,23). The average molecular weight is 390 g/mol. The van der Waals surface area contributed by atoms with Crippen molar-refractivity contribution in [2.45, 2.75) is 44.5 Å². The van der Waals surface area contributed by atoms with Crippen molar-refractivity contribution in [3.63, 3.8) is 0 Å². The topological polar surface area (TPSA) is 42.0 Å². The zero-order chi connectivity index (χ0) is 18.7. The van der Waals surface area contributed by atoms with Gasteiger partial charge < -0.3 is 5.32 Å². The first-order valence-corrected chi connectivity index (χ1v) is 9.72. The first-order chi connectivity index (χ1) is 11.5. The number of amides is 1. The highest BCUT2D eigenvalue weighted by Crippen LogP contribution is 2.33. The highest BCUT2D eigenvalue weighted by molar-refractivity contribution is 8.00. The molecule has 0 unspecified atom stereocenters. The second-order valence-electron chi connectivity index (χ2n) is 6.60. The molecule has 0 saturated heterocycles. The Morgan fingerprint density at radius 3 is 2.64 bits per heavy atom. The zero-order valence-electron chi connectivity index (χ0n) is 14.4. The average Bonchev–Trinajstić information content (AvgIpc) is 2.89. The van der Waals surface area contributed by atoms with E-state index >= 15 is 0 Å². The van der Waals surface area contributed by atoms with E-state index in [9.17, 15) is 18.0 Å². The Balaban J connectivity index is 1.85. The minimum Gasteiger partial charge on any atom is -0.355 e. The molecule has 2 rings (SSSR count). The number of aryl methyl sites for hydroxylation is 1. The van der Waals surface area contributed by atoms with Crippen molar-refractivity contribution >= 4 is 39.2 Å². The molecule has 138 valence electrons. The van der Waals surface area contributed by atoms with Gasteiger partial charge in [0.05, 0.1) is 20.8 Å². The van der Waals surface area contributed by atoms with Gasteiger partial charge in [0, 0.05) is 29.9 Å². The highest BCUT2D eigenvalue weighted by atomic mass is 32.2. The van der Waals surface area contributed by atoms with Crippen LogP contribution in [0.2, 0.25) is 0 Å². The van der Waals surface area contributed by atoms with Gasteiger partial charge in [0.1, 0.15) is 0 Å². The number of carbonyl (C=O) groups is 1. The number of fused-ring (bicyclic) bond motifs is 1. The van der Waals surface area contributed by atoms with E-state index in [4.69, 9.17) is 0 Å². The summed E-state index contributed by atoms with van der Waals surface area (Å²) in [6.07, 6.45) is -3.66. The van der Waals surface area contributed by atoms with Crippen LogP contribution in [0.3, 0.4) is 0 Å². The van der Waals surface area contributed by atoms with Crippen molar-refractivity contribution in [3.8, 4) is 0 Å². The maximum atomic E-state index is 12.7. The van der Waals surface area contributed by atoms with Gasteiger partial charge in [-0.3, -0.25) is 4.79 Å². The molecule has 1 N–H and O–H groups in total. The molecule has 2 aromatic rings. The summed E-state index contributed by atoms with van der Waals surface area (Å²) >= 11 is 3.11. The van der Waals surface area contributed by atoms with Crippen molar-refractivity contribution in [1.82, 2.24) is 10.3 Å². The number of rotatable bonds is 6. The van der Waals surface area contributed by atoms with E-state index in [0.29, 0.717) is 28.2 Å². The van der Waals surface area contributed by atoms with Gasteiger partial charge in [-0.15, -0.1) is 11.3 Å². The first-order valence-electron chi connectivity index (χ1n) is 7.92. The second kappa shape index (κ2) is 7.95. The number of hydrogen-bond donors (Lipinski definition) is 1. The summed E-state index contributed by atoms with van der Waals surface area (Å²) in [5.41, 5.74) is -0.372. The smallest absolute Gasteiger partial charge is 0.355 e. The molecule has 0 aliphatic rings. The number of aromatic nitrogens is 1. The third-order valence-electron chi connectivity index (χ3n) is 3.28. The van der Waals surface area contributed by atoms with E-state index < -0.39 is 11.7 Å². The minimum absolute atomic E-state index is 0.0651. The lowest BCUT2D eigenvalue weighted by molar-refractivity contribution is -0.137. The summed E-state index contributed by atoms with van der Waals surface area (Å²) in [6, 6.07) is 3.55. The molecule has 0 radical (unpaired) electrons. The van der Waals surface area contributed by atoms with Crippen LogP contribution < -0.4 is 5.32 Å². The lowest BCUT2D eigenvalue weighted by Crippen LogP contribution is -2.27. The van der Waals surface area contributed by atoms with Crippen LogP contribution in [0.1, 0.15) is 37.8 Å². The number of alkyl halides is 3. The molecule has 1 aromatic carbocycles. The minimum atomic E-state index is -4.37. The molecule has 8 heteroatoms. The predicted octanol–water partition coefficient (Wildman–Crippen LogP) is 4.90. The number of thioether (sulfide) groups is 1. The van der Waals surface area contributed by atoms with Crippen molar-refractivity contribution < 1.29 is 18.0 Å². The van der Waals surface area contributed by atoms with Crippen LogP contribution in [-0.2, 0) is 17.4 Å². The van der Waals surface area contributed by atoms with Crippen LogP contribution in [-0.4, -0.2) is 27.9 Å². The summed E-state index contributed by atoms with van der Waals surface area (Å²) in [4.78, 5) is 16.1. The van der Waals surface area contributed by atoms with Gasteiger partial charge in [0.2, 0.25) is 5.91 Å². The van der Waals surface area contributed by atoms with Gasteiger partial charge in [-0.25, -0.2) is 4.98 Å². The first kappa shape index (κ1) is 20.0. The fourth-order valence-corrected chi connectivity index (χ4v) is 3.88. The fourth-order valence-electron chi connectivity index (χ4n) is 2.11. The van der Waals surface area contributed by atoms with E-state index in [2.05, 4.69) is 31.1 Å². The quantitative estimate of drug-likeness (QED) is 0.714. The molecular weight excluding hydrogens is 369 g/mol. The summed E-state index contributed by atoms with van der Waals surface area (Å²) in [5, 5.41) is 3.53. The van der Waals surface area contributed by atoms with Gasteiger partial charge in [0.15, 0.2) is 0 Å². The van der Waals surface area contributed by atoms with Crippen molar-refractivity contribution in [2.24, 2.45) is 0 Å². The molecule has 0 aliphatic carbocycles. The van der Waals surface area contributed by atoms with Gasteiger partial charge in [-0.05, 0) is 18.2 Å². The fraction of sp³-hybridized carbons (Fsp3) is 0.529. The monoisotopic (exact) mass is 390 g/mol. The number of nitrogens with zero attached hydrogens (tertiary/aromatic N) is 1. The SMILES string of the molecule is CC(C)(C)SCCNC(=O)CCc1nc2cc(C(F)(F)F)ccc2s1. The Morgan fingerprint density at radius 2 is 2.00 bits per heavy atom. The van der Waals surface area contributed by atoms with Crippen molar-refractivity contribution in [3.05, 3.63) is 28.8 Å². The number of carbonyl (C=O) groups excluding carboxylic acids is 1. The van der Waals surface area contributed by atoms with Gasteiger partial charge in [-0.2, -0.15) is 24.9 Å². The van der Waals surface area contributed by atoms with Gasteiger partial charge in [-0.1, -0.05) is 20.8 Å². The maximum absolute atomic E-state index is 12.7. The van der Waals surface area contributed by atoms with E-state index in [1.165, 1.54) is 17.4 Å². The van der Waals surface area contributed by atoms with E-state index in [-0.39, 0.29) is 17.1 Å². The lowest BCUT2D eigenvalue weighted by atomic mass is 10.2. The summed E-state index contributed by atoms with van der Waals surface area (Å²) < 4.78 is 39.0. The number of thiazole rings is 1. The molecule has 25 heavy (non-hydrogen) atoms. The molecule has 0 aliphatic heterocycles. The van der Waals surface area contributed by atoms with Crippen LogP contribution >= 0.6 is 23.1 Å². The molecule has 0 bridgehead atoms. The second-order valence-corrected chi connectivity index (χ2v) is 9.64. The molecule has 0 atom stereocenters. The largest absolute Gasteiger partial charge is 0.416 e. The van der Waals surface area contributed by atoms with Crippen LogP contribution in [0.4, 0.5) is 13.2 Å². The van der Waals surface area contributed by atoms with Crippen LogP contribution in [0.15, 0.2) is 18.2 Å². The third-order valence-corrected chi connectivity index (χ3v) is 5.65. The third kappa shape index (κ3) is 6.51. The molecule has 1 amide bonds. The highest BCUT2D eigenvalue weighted by Gasteiger charge is 2.30. The summed E-state index contributed by atoms with van der Waals surface area (Å²) in [6.45, 7) is 6.97. The molecule has 0 saturated carbocycles. The molecule has 0 spiro atoms. The van der Waals surface area contributed by atoms with Gasteiger partial charge in [0.25, 0.3) is 0 Å². The summed E-state index contributed by atoms with van der Waals surface area (Å²) in [7, 11) is 0. The van der Waals surface area contributed by atoms with E-state index in [1.54, 1.807) is 11.8 Å². The Labute approximate surface area is 153 Å². The van der Waals surface area contributed by atoms with E-state index in [0.717, 1.165) is 17.9 Å². The predicted molar refractivity (Wildman–Crippen MR) is 98.2 cm³/mol. The van der Waals surface area contributed by atoms with Crippen molar-refractivity contribution in [2.75, 3.05) is 12.3 Å². The maximum Gasteiger partial charge on any atom is 0.416 e. The zero-order valence-corrected chi connectivity index (χ0v) is 16.0. The van der Waals surface area contributed by atoms with Gasteiger partial charge >= 0.3 is 6.18 Å². The lowest BCUT2D eigenvalue weighted by Gasteiger charge is -2.17. The molecule has 1 aromatic heterocycles. The van der Waals surface area contributed by atoms with E-state index in [1.807, 2.05) is 0 Å². The number of nitrogens with one attached hydrogen (secondary N) is 1. The van der Waals surface area contributed by atoms with Crippen LogP contribution in [0, 0.1) is 0 Å². The molecule has 3 nitrogen and oxygen atoms in total. The Hall–Kier alpha value is -1.28. The van der Waals surface area contributed by atoms with Crippen LogP contribution in [0.25, 0.3) is 10.2 Å². The molecule has 1 heterocycles. The Kier molecular flexibility index (Phi) is 6.37. The Morgan fingerprint density at radius 1 is 1.28 bits per heavy atom. The number of halogens is 3. The number of benzene rings is 1. The van der Waals surface area contributed by atoms with Crippen LogP contribution in [0.5, 0.6) is 0 Å².